The molecular formula is C13H20ClN5. The highest BCUT2D eigenvalue weighted by Crippen LogP contribution is 2.26. The normalized spacial score (nSPS) is 12.9. The molecule has 0 saturated carbocycles. The fraction of sp³-hybridized carbons (Fsp3) is 0.538. The molecule has 2 aromatic heterocycles. The van der Waals surface area contributed by atoms with Crippen molar-refractivity contribution in [2.45, 2.75) is 32.7 Å². The van der Waals surface area contributed by atoms with E-state index in [-0.39, 0.29) is 6.04 Å². The van der Waals surface area contributed by atoms with E-state index in [0.29, 0.717) is 6.42 Å². The fourth-order valence-corrected chi connectivity index (χ4v) is 2.61. The first-order chi connectivity index (χ1) is 8.95. The molecule has 0 aliphatic rings. The first-order valence-corrected chi connectivity index (χ1v) is 6.77. The van der Waals surface area contributed by atoms with Gasteiger partial charge in [-0.05, 0) is 13.3 Å². The van der Waals surface area contributed by atoms with Crippen LogP contribution in [0.5, 0.6) is 0 Å². The number of halogens is 1. The van der Waals surface area contributed by atoms with Gasteiger partial charge in [0.15, 0.2) is 0 Å². The van der Waals surface area contributed by atoms with Crippen molar-refractivity contribution >= 4 is 11.6 Å². The molecule has 0 fully saturated rings. The van der Waals surface area contributed by atoms with Crippen LogP contribution in [-0.4, -0.2) is 19.6 Å². The number of hydrogen-bond acceptors (Lipinski definition) is 3. The Morgan fingerprint density at radius 1 is 1.37 bits per heavy atom. The monoisotopic (exact) mass is 281 g/mol. The average Bonchev–Trinajstić information content (AvgIpc) is 2.84. The van der Waals surface area contributed by atoms with Crippen molar-refractivity contribution in [3.63, 3.8) is 0 Å². The Morgan fingerprint density at radius 3 is 2.53 bits per heavy atom. The fourth-order valence-electron chi connectivity index (χ4n) is 2.24. The Morgan fingerprint density at radius 2 is 2.05 bits per heavy atom. The number of nitrogens with two attached hydrogens (primary N) is 1. The standard InChI is InChI=1S/C13H20ClN5/c1-5-11-13(14)12(19(4)17-11)6-10(15)9-7-16-18(3)8(9)2/h7,10H,5-6,15H2,1-4H3. The zero-order chi connectivity index (χ0) is 14.2. The molecular weight excluding hydrogens is 262 g/mol. The smallest absolute Gasteiger partial charge is 0.0850 e. The lowest BCUT2D eigenvalue weighted by atomic mass is 10.0. The van der Waals surface area contributed by atoms with Crippen molar-refractivity contribution < 1.29 is 0 Å². The third-order valence-corrected chi connectivity index (χ3v) is 4.03. The van der Waals surface area contributed by atoms with Crippen molar-refractivity contribution in [2.75, 3.05) is 0 Å². The van der Waals surface area contributed by atoms with Crippen LogP contribution in [0.2, 0.25) is 5.02 Å². The van der Waals surface area contributed by atoms with E-state index in [1.165, 1.54) is 0 Å². The zero-order valence-corrected chi connectivity index (χ0v) is 12.6. The van der Waals surface area contributed by atoms with E-state index in [0.717, 1.165) is 34.1 Å². The highest BCUT2D eigenvalue weighted by molar-refractivity contribution is 6.31. The number of hydrogen-bond donors (Lipinski definition) is 1. The van der Waals surface area contributed by atoms with E-state index in [1.54, 1.807) is 0 Å². The summed E-state index contributed by atoms with van der Waals surface area (Å²) in [5.41, 5.74) is 10.3. The van der Waals surface area contributed by atoms with Gasteiger partial charge in [0.1, 0.15) is 0 Å². The van der Waals surface area contributed by atoms with Gasteiger partial charge < -0.3 is 5.73 Å². The number of nitrogens with zero attached hydrogens (tertiary/aromatic N) is 4. The number of aromatic nitrogens is 4. The van der Waals surface area contributed by atoms with Gasteiger partial charge in [0, 0.05) is 37.8 Å². The summed E-state index contributed by atoms with van der Waals surface area (Å²) >= 11 is 6.35. The molecule has 2 aromatic rings. The van der Waals surface area contributed by atoms with Crippen LogP contribution in [0.1, 0.15) is 35.6 Å². The second kappa shape index (κ2) is 5.35. The van der Waals surface area contributed by atoms with E-state index in [2.05, 4.69) is 10.2 Å². The van der Waals surface area contributed by atoms with E-state index >= 15 is 0 Å². The van der Waals surface area contributed by atoms with E-state index in [9.17, 15) is 0 Å². The molecule has 2 N–H and O–H groups in total. The van der Waals surface area contributed by atoms with Gasteiger partial charge in [-0.1, -0.05) is 18.5 Å². The Hall–Kier alpha value is -1.33. The van der Waals surface area contributed by atoms with Gasteiger partial charge >= 0.3 is 0 Å². The van der Waals surface area contributed by atoms with Crippen LogP contribution in [0.3, 0.4) is 0 Å². The maximum atomic E-state index is 6.35. The molecule has 104 valence electrons. The molecule has 1 atom stereocenters. The average molecular weight is 282 g/mol. The summed E-state index contributed by atoms with van der Waals surface area (Å²) in [5.74, 6) is 0. The maximum absolute atomic E-state index is 6.35. The molecule has 0 aliphatic heterocycles. The van der Waals surface area contributed by atoms with Gasteiger partial charge in [0.25, 0.3) is 0 Å². The molecule has 0 bridgehead atoms. The topological polar surface area (TPSA) is 61.7 Å². The quantitative estimate of drug-likeness (QED) is 0.931. The minimum absolute atomic E-state index is 0.119. The molecule has 0 aromatic carbocycles. The van der Waals surface area contributed by atoms with Gasteiger partial charge in [-0.25, -0.2) is 0 Å². The van der Waals surface area contributed by atoms with Crippen molar-refractivity contribution in [2.24, 2.45) is 19.8 Å². The van der Waals surface area contributed by atoms with Crippen molar-refractivity contribution in [3.8, 4) is 0 Å². The lowest BCUT2D eigenvalue weighted by Crippen LogP contribution is -2.16. The maximum Gasteiger partial charge on any atom is 0.0850 e. The Bertz CT molecular complexity index is 584. The minimum Gasteiger partial charge on any atom is -0.324 e. The van der Waals surface area contributed by atoms with Crippen LogP contribution >= 0.6 is 11.6 Å². The Kier molecular flexibility index (Phi) is 3.96. The summed E-state index contributed by atoms with van der Waals surface area (Å²) in [4.78, 5) is 0. The number of aryl methyl sites for hydroxylation is 3. The minimum atomic E-state index is -0.119. The van der Waals surface area contributed by atoms with Gasteiger partial charge in [-0.3, -0.25) is 9.36 Å². The van der Waals surface area contributed by atoms with Crippen LogP contribution in [0.15, 0.2) is 6.20 Å². The van der Waals surface area contributed by atoms with Crippen molar-refractivity contribution in [1.29, 1.82) is 0 Å². The summed E-state index contributed by atoms with van der Waals surface area (Å²) in [6, 6.07) is -0.119. The molecule has 19 heavy (non-hydrogen) atoms. The molecule has 1 unspecified atom stereocenters. The van der Waals surface area contributed by atoms with Crippen LogP contribution in [0, 0.1) is 6.92 Å². The molecule has 0 radical (unpaired) electrons. The number of rotatable bonds is 4. The molecule has 0 amide bonds. The lowest BCUT2D eigenvalue weighted by molar-refractivity contribution is 0.634. The van der Waals surface area contributed by atoms with Gasteiger partial charge in [-0.2, -0.15) is 10.2 Å². The van der Waals surface area contributed by atoms with E-state index < -0.39 is 0 Å². The van der Waals surface area contributed by atoms with Crippen LogP contribution in [0.25, 0.3) is 0 Å². The van der Waals surface area contributed by atoms with Gasteiger partial charge in [0.2, 0.25) is 0 Å². The zero-order valence-electron chi connectivity index (χ0n) is 11.8. The lowest BCUT2D eigenvalue weighted by Gasteiger charge is -2.12. The second-order valence-electron chi connectivity index (χ2n) is 4.80. The molecule has 0 spiro atoms. The first-order valence-electron chi connectivity index (χ1n) is 6.40. The van der Waals surface area contributed by atoms with Crippen LogP contribution < -0.4 is 5.73 Å². The van der Waals surface area contributed by atoms with E-state index in [1.807, 2.05) is 43.5 Å². The first kappa shape index (κ1) is 14.1. The second-order valence-corrected chi connectivity index (χ2v) is 5.18. The van der Waals surface area contributed by atoms with Crippen LogP contribution in [-0.2, 0) is 26.9 Å². The molecule has 0 saturated heterocycles. The largest absolute Gasteiger partial charge is 0.324 e. The highest BCUT2D eigenvalue weighted by Gasteiger charge is 2.19. The van der Waals surface area contributed by atoms with Crippen molar-refractivity contribution in [3.05, 3.63) is 33.9 Å². The summed E-state index contributed by atoms with van der Waals surface area (Å²) < 4.78 is 3.66. The van der Waals surface area contributed by atoms with Crippen molar-refractivity contribution in [1.82, 2.24) is 19.6 Å². The third-order valence-electron chi connectivity index (χ3n) is 3.59. The predicted octanol–water partition coefficient (Wildman–Crippen LogP) is 1.92. The summed E-state index contributed by atoms with van der Waals surface area (Å²) in [6.07, 6.45) is 3.31. The molecule has 0 aliphatic carbocycles. The SMILES string of the molecule is CCc1nn(C)c(CC(N)c2cnn(C)c2C)c1Cl. The molecule has 6 heteroatoms. The summed E-state index contributed by atoms with van der Waals surface area (Å²) in [7, 11) is 3.82. The third kappa shape index (κ3) is 2.53. The van der Waals surface area contributed by atoms with Gasteiger partial charge in [-0.15, -0.1) is 0 Å². The summed E-state index contributed by atoms with van der Waals surface area (Å²) in [5, 5.41) is 9.38. The molecule has 5 nitrogen and oxygen atoms in total. The Labute approximate surface area is 118 Å². The Balaban J connectivity index is 2.26. The van der Waals surface area contributed by atoms with E-state index in [4.69, 9.17) is 17.3 Å². The predicted molar refractivity (Wildman–Crippen MR) is 76.2 cm³/mol. The van der Waals surface area contributed by atoms with Crippen LogP contribution in [0.4, 0.5) is 0 Å². The van der Waals surface area contributed by atoms with Gasteiger partial charge in [0.05, 0.1) is 22.6 Å². The molecule has 2 rings (SSSR count). The highest BCUT2D eigenvalue weighted by atomic mass is 35.5. The summed E-state index contributed by atoms with van der Waals surface area (Å²) in [6.45, 7) is 4.06. The molecule has 2 heterocycles.